The first-order chi connectivity index (χ1) is 11.5. The zero-order valence-electron chi connectivity index (χ0n) is 13.8. The van der Waals surface area contributed by atoms with Gasteiger partial charge < -0.3 is 9.47 Å². The number of benzene rings is 2. The second kappa shape index (κ2) is 5.76. The van der Waals surface area contributed by atoms with Crippen molar-refractivity contribution in [3.63, 3.8) is 0 Å². The van der Waals surface area contributed by atoms with E-state index in [2.05, 4.69) is 12.1 Å². The molecule has 1 aliphatic heterocycles. The minimum Gasteiger partial charge on any atom is -0.496 e. The second-order valence-corrected chi connectivity index (χ2v) is 6.11. The molecule has 24 heavy (non-hydrogen) atoms. The van der Waals surface area contributed by atoms with Crippen LogP contribution in [-0.2, 0) is 0 Å². The molecule has 0 atom stereocenters. The lowest BCUT2D eigenvalue weighted by Gasteiger charge is -2.31. The molecule has 1 heterocycles. The molecule has 0 saturated heterocycles. The molecule has 0 spiro atoms. The maximum Gasteiger partial charge on any atom is 0.128 e. The van der Waals surface area contributed by atoms with E-state index >= 15 is 0 Å². The first-order valence-electron chi connectivity index (χ1n) is 7.52. The molecule has 3 rings (SSSR count). The highest BCUT2D eigenvalue weighted by Crippen LogP contribution is 2.42. The van der Waals surface area contributed by atoms with E-state index in [1.165, 1.54) is 0 Å². The Kier molecular flexibility index (Phi) is 3.75. The lowest BCUT2D eigenvalue weighted by molar-refractivity contribution is 0.158. The molecular formula is C20H16N2O2. The van der Waals surface area contributed by atoms with Gasteiger partial charge in [-0.25, -0.2) is 0 Å². The zero-order valence-corrected chi connectivity index (χ0v) is 13.8. The summed E-state index contributed by atoms with van der Waals surface area (Å²) >= 11 is 0. The van der Waals surface area contributed by atoms with E-state index in [4.69, 9.17) is 14.7 Å². The van der Waals surface area contributed by atoms with E-state index < -0.39 is 5.60 Å². The van der Waals surface area contributed by atoms with Crippen LogP contribution in [0.3, 0.4) is 0 Å². The van der Waals surface area contributed by atoms with Gasteiger partial charge in [-0.3, -0.25) is 0 Å². The predicted molar refractivity (Wildman–Crippen MR) is 90.7 cm³/mol. The maximum atomic E-state index is 9.20. The fraction of sp³-hybridized carbons (Fsp3) is 0.200. The van der Waals surface area contributed by atoms with Crippen LogP contribution in [-0.4, -0.2) is 12.7 Å². The van der Waals surface area contributed by atoms with Crippen LogP contribution in [0.1, 0.15) is 36.1 Å². The van der Waals surface area contributed by atoms with Gasteiger partial charge in [0.15, 0.2) is 0 Å². The van der Waals surface area contributed by atoms with Gasteiger partial charge in [-0.2, -0.15) is 10.5 Å². The van der Waals surface area contributed by atoms with Crippen molar-refractivity contribution in [1.29, 1.82) is 10.5 Å². The lowest BCUT2D eigenvalue weighted by atomic mass is 9.88. The molecule has 0 N–H and O–H groups in total. The minimum atomic E-state index is -0.491. The normalized spacial score (nSPS) is 14.5. The molecule has 0 unspecified atom stereocenters. The fourth-order valence-electron chi connectivity index (χ4n) is 2.84. The highest BCUT2D eigenvalue weighted by atomic mass is 16.5. The molecule has 0 amide bonds. The van der Waals surface area contributed by atoms with Crippen LogP contribution in [0.4, 0.5) is 0 Å². The Morgan fingerprint density at radius 1 is 0.958 bits per heavy atom. The van der Waals surface area contributed by atoms with Crippen molar-refractivity contribution in [3.05, 3.63) is 64.7 Å². The smallest absolute Gasteiger partial charge is 0.128 e. The van der Waals surface area contributed by atoms with Crippen LogP contribution < -0.4 is 9.47 Å². The number of hydrogen-bond donors (Lipinski definition) is 0. The van der Waals surface area contributed by atoms with Gasteiger partial charge in [0.1, 0.15) is 17.1 Å². The minimum absolute atomic E-state index is 0.491. The topological polar surface area (TPSA) is 66.0 Å². The predicted octanol–water partition coefficient (Wildman–Crippen LogP) is 4.04. The van der Waals surface area contributed by atoms with Crippen molar-refractivity contribution in [2.75, 3.05) is 7.11 Å². The summed E-state index contributed by atoms with van der Waals surface area (Å²) in [5.74, 6) is 1.34. The van der Waals surface area contributed by atoms with E-state index in [0.717, 1.165) is 22.4 Å². The monoisotopic (exact) mass is 316 g/mol. The van der Waals surface area contributed by atoms with Crippen LogP contribution in [0.15, 0.2) is 42.5 Å². The first kappa shape index (κ1) is 15.6. The molecule has 0 bridgehead atoms. The molecule has 4 heteroatoms. The van der Waals surface area contributed by atoms with Gasteiger partial charge >= 0.3 is 0 Å². The zero-order chi connectivity index (χ0) is 17.3. The summed E-state index contributed by atoms with van der Waals surface area (Å²) in [5, 5.41) is 18.3. The van der Waals surface area contributed by atoms with Crippen LogP contribution in [0.2, 0.25) is 0 Å². The summed E-state index contributed by atoms with van der Waals surface area (Å²) in [7, 11) is 1.58. The number of hydrogen-bond acceptors (Lipinski definition) is 4. The van der Waals surface area contributed by atoms with Crippen LogP contribution >= 0.6 is 0 Å². The highest BCUT2D eigenvalue weighted by Gasteiger charge is 2.28. The Balaban J connectivity index is 2.25. The molecule has 0 saturated carbocycles. The number of methoxy groups -OCH3 is 1. The van der Waals surface area contributed by atoms with Crippen LogP contribution in [0.5, 0.6) is 11.5 Å². The van der Waals surface area contributed by atoms with Crippen molar-refractivity contribution >= 4 is 5.57 Å². The number of nitriles is 2. The Morgan fingerprint density at radius 3 is 2.29 bits per heavy atom. The van der Waals surface area contributed by atoms with E-state index in [1.807, 2.05) is 38.1 Å². The van der Waals surface area contributed by atoms with Crippen molar-refractivity contribution in [1.82, 2.24) is 0 Å². The van der Waals surface area contributed by atoms with E-state index in [0.29, 0.717) is 16.9 Å². The fourth-order valence-corrected chi connectivity index (χ4v) is 2.84. The average molecular weight is 316 g/mol. The maximum absolute atomic E-state index is 9.20. The molecule has 0 aromatic heterocycles. The first-order valence-corrected chi connectivity index (χ1v) is 7.52. The molecule has 1 aliphatic rings. The Labute approximate surface area is 141 Å². The second-order valence-electron chi connectivity index (χ2n) is 6.11. The molecule has 2 aromatic carbocycles. The van der Waals surface area contributed by atoms with Crippen LogP contribution in [0, 0.1) is 22.7 Å². The van der Waals surface area contributed by atoms with Crippen molar-refractivity contribution in [3.8, 4) is 23.6 Å². The third kappa shape index (κ3) is 2.71. The van der Waals surface area contributed by atoms with Crippen molar-refractivity contribution < 1.29 is 9.47 Å². The molecule has 0 aliphatic carbocycles. The molecule has 0 fully saturated rings. The highest BCUT2D eigenvalue weighted by molar-refractivity contribution is 5.87. The molecule has 0 radical (unpaired) electrons. The Bertz CT molecular complexity index is 928. The van der Waals surface area contributed by atoms with Crippen molar-refractivity contribution in [2.24, 2.45) is 0 Å². The summed E-state index contributed by atoms with van der Waals surface area (Å²) < 4.78 is 11.5. The van der Waals surface area contributed by atoms with Gasteiger partial charge in [0, 0.05) is 11.1 Å². The number of ether oxygens (including phenoxy) is 2. The Hall–Kier alpha value is -3.24. The lowest BCUT2D eigenvalue weighted by Crippen LogP contribution is -2.29. The van der Waals surface area contributed by atoms with Gasteiger partial charge in [-0.05, 0) is 61.9 Å². The van der Waals surface area contributed by atoms with Gasteiger partial charge in [0.25, 0.3) is 0 Å². The molecule has 4 nitrogen and oxygen atoms in total. The summed E-state index contributed by atoms with van der Waals surface area (Å²) in [6, 6.07) is 15.0. The summed E-state index contributed by atoms with van der Waals surface area (Å²) in [4.78, 5) is 0. The number of fused-ring (bicyclic) bond motifs is 1. The average Bonchev–Trinajstić information content (AvgIpc) is 2.59. The van der Waals surface area contributed by atoms with E-state index in [1.54, 1.807) is 25.3 Å². The third-order valence-electron chi connectivity index (χ3n) is 3.88. The molecule has 2 aromatic rings. The SMILES string of the molecule is COc1cc(C#N)ccc1C1=CC(C)(C)Oc2ccc(C#N)cc21. The van der Waals surface area contributed by atoms with Gasteiger partial charge in [-0.15, -0.1) is 0 Å². The molecular weight excluding hydrogens is 300 g/mol. The van der Waals surface area contributed by atoms with Crippen LogP contribution in [0.25, 0.3) is 5.57 Å². The van der Waals surface area contributed by atoms with Crippen molar-refractivity contribution in [2.45, 2.75) is 19.4 Å². The quantitative estimate of drug-likeness (QED) is 0.838. The number of nitrogens with zero attached hydrogens (tertiary/aromatic N) is 2. The van der Waals surface area contributed by atoms with Gasteiger partial charge in [-0.1, -0.05) is 0 Å². The largest absolute Gasteiger partial charge is 0.496 e. The number of rotatable bonds is 2. The molecule has 118 valence electrons. The Morgan fingerprint density at radius 2 is 1.62 bits per heavy atom. The van der Waals surface area contributed by atoms with E-state index in [9.17, 15) is 5.26 Å². The summed E-state index contributed by atoms with van der Waals surface area (Å²) in [5.41, 5.74) is 3.25. The van der Waals surface area contributed by atoms with Gasteiger partial charge in [0.2, 0.25) is 0 Å². The third-order valence-corrected chi connectivity index (χ3v) is 3.88. The van der Waals surface area contributed by atoms with Gasteiger partial charge in [0.05, 0.1) is 30.4 Å². The van der Waals surface area contributed by atoms with E-state index in [-0.39, 0.29) is 0 Å². The summed E-state index contributed by atoms with van der Waals surface area (Å²) in [6.45, 7) is 3.95. The summed E-state index contributed by atoms with van der Waals surface area (Å²) in [6.07, 6.45) is 2.01. The standard InChI is InChI=1S/C20H16N2O2/c1-20(2)10-17(15-6-4-14(12-22)9-19(15)23-3)16-8-13(11-21)5-7-18(16)24-20/h4-10H,1-3H3.